The molecule has 0 fully saturated rings. The van der Waals surface area contributed by atoms with Crippen LogP contribution in [0.15, 0.2) is 0 Å². The van der Waals surface area contributed by atoms with Gasteiger partial charge in [-0.25, -0.2) is 0 Å². The highest BCUT2D eigenvalue weighted by molar-refractivity contribution is 7.80. The van der Waals surface area contributed by atoms with Crippen LogP contribution in [0.25, 0.3) is 0 Å². The molecule has 21 heavy (non-hydrogen) atoms. The van der Waals surface area contributed by atoms with Crippen LogP contribution in [-0.2, 0) is 0 Å². The molecule has 2 heteroatoms. The molecule has 126 valence electrons. The normalized spacial score (nSPS) is 10.8. The maximum atomic E-state index is 5.36. The molecule has 1 N–H and O–H groups in total. The first kappa shape index (κ1) is 20.9. The quantitative estimate of drug-likeness (QED) is 0.248. The average Bonchev–Trinajstić information content (AvgIpc) is 2.49. The maximum absolute atomic E-state index is 5.36. The van der Waals surface area contributed by atoms with E-state index in [1.807, 2.05) is 0 Å². The standard InChI is InChI=1S/C19H39NS/c1-3-5-7-8-9-10-11-12-13-14-15-17-19(21)20-18-16-6-4-2/h3-18H2,1-2H3,(H,20,21). The molecule has 0 unspecified atom stereocenters. The van der Waals surface area contributed by atoms with Gasteiger partial charge in [0.1, 0.15) is 0 Å². The number of nitrogens with one attached hydrogen (secondary N) is 1. The van der Waals surface area contributed by atoms with Crippen molar-refractivity contribution in [1.82, 2.24) is 5.32 Å². The molecule has 0 bridgehead atoms. The minimum atomic E-state index is 1.07. The molecule has 0 atom stereocenters. The summed E-state index contributed by atoms with van der Waals surface area (Å²) >= 11 is 5.36. The Kier molecular flexibility index (Phi) is 17.8. The van der Waals surface area contributed by atoms with Crippen molar-refractivity contribution in [3.8, 4) is 0 Å². The molecular formula is C19H39NS. The summed E-state index contributed by atoms with van der Waals surface area (Å²) in [7, 11) is 0. The molecule has 0 radical (unpaired) electrons. The Morgan fingerprint density at radius 3 is 1.57 bits per heavy atom. The third kappa shape index (κ3) is 17.8. The van der Waals surface area contributed by atoms with E-state index < -0.39 is 0 Å². The van der Waals surface area contributed by atoms with E-state index in [1.165, 1.54) is 89.9 Å². The molecule has 0 aromatic heterocycles. The van der Waals surface area contributed by atoms with Crippen LogP contribution in [0.2, 0.25) is 0 Å². The smallest absolute Gasteiger partial charge is 0.0753 e. The van der Waals surface area contributed by atoms with Crippen molar-refractivity contribution in [3.63, 3.8) is 0 Å². The minimum absolute atomic E-state index is 1.07. The zero-order chi connectivity index (χ0) is 15.6. The van der Waals surface area contributed by atoms with E-state index >= 15 is 0 Å². The number of rotatable bonds is 16. The van der Waals surface area contributed by atoms with E-state index in [1.54, 1.807) is 0 Å². The molecule has 0 rings (SSSR count). The van der Waals surface area contributed by atoms with Crippen LogP contribution in [0.4, 0.5) is 0 Å². The van der Waals surface area contributed by atoms with Gasteiger partial charge in [-0.15, -0.1) is 0 Å². The first-order chi connectivity index (χ1) is 10.3. The van der Waals surface area contributed by atoms with Gasteiger partial charge in [0.15, 0.2) is 0 Å². The van der Waals surface area contributed by atoms with Crippen LogP contribution < -0.4 is 5.32 Å². The Labute approximate surface area is 139 Å². The summed E-state index contributed by atoms with van der Waals surface area (Å²) in [5.41, 5.74) is 0. The second-order valence-corrected chi connectivity index (χ2v) is 6.84. The SMILES string of the molecule is CCCCCCCCCCCCCC(=S)NCCCCC. The summed E-state index contributed by atoms with van der Waals surface area (Å²) < 4.78 is 0. The number of unbranched alkanes of at least 4 members (excludes halogenated alkanes) is 12. The molecule has 0 saturated heterocycles. The van der Waals surface area contributed by atoms with Crippen LogP contribution in [-0.4, -0.2) is 11.5 Å². The molecular weight excluding hydrogens is 274 g/mol. The highest BCUT2D eigenvalue weighted by Gasteiger charge is 1.97. The van der Waals surface area contributed by atoms with Crippen molar-refractivity contribution in [2.45, 2.75) is 110 Å². The summed E-state index contributed by atoms with van der Waals surface area (Å²) in [6.07, 6.45) is 20.4. The monoisotopic (exact) mass is 313 g/mol. The lowest BCUT2D eigenvalue weighted by atomic mass is 10.1. The number of hydrogen-bond acceptors (Lipinski definition) is 1. The average molecular weight is 314 g/mol. The summed E-state index contributed by atoms with van der Waals surface area (Å²) in [6, 6.07) is 0. The van der Waals surface area contributed by atoms with Crippen LogP contribution in [0.3, 0.4) is 0 Å². The third-order valence-electron chi connectivity index (χ3n) is 4.11. The van der Waals surface area contributed by atoms with Gasteiger partial charge >= 0.3 is 0 Å². The van der Waals surface area contributed by atoms with E-state index in [0.29, 0.717) is 0 Å². The second kappa shape index (κ2) is 17.9. The molecule has 0 aromatic rings. The first-order valence-corrected chi connectivity index (χ1v) is 9.98. The molecule has 0 aromatic carbocycles. The Morgan fingerprint density at radius 1 is 0.619 bits per heavy atom. The lowest BCUT2D eigenvalue weighted by Crippen LogP contribution is -2.22. The van der Waals surface area contributed by atoms with Crippen LogP contribution in [0.5, 0.6) is 0 Å². The molecule has 0 amide bonds. The Morgan fingerprint density at radius 2 is 1.05 bits per heavy atom. The number of hydrogen-bond donors (Lipinski definition) is 1. The van der Waals surface area contributed by atoms with E-state index in [0.717, 1.165) is 18.0 Å². The van der Waals surface area contributed by atoms with Gasteiger partial charge in [-0.05, 0) is 19.3 Å². The van der Waals surface area contributed by atoms with Gasteiger partial charge < -0.3 is 5.32 Å². The van der Waals surface area contributed by atoms with Crippen LogP contribution in [0.1, 0.15) is 110 Å². The molecule has 0 aliphatic rings. The predicted octanol–water partition coefficient (Wildman–Crippen LogP) is 6.79. The van der Waals surface area contributed by atoms with Crippen molar-refractivity contribution < 1.29 is 0 Å². The summed E-state index contributed by atoms with van der Waals surface area (Å²) in [5, 5.41) is 3.38. The fourth-order valence-corrected chi connectivity index (χ4v) is 2.89. The molecule has 0 spiro atoms. The third-order valence-corrected chi connectivity index (χ3v) is 4.46. The minimum Gasteiger partial charge on any atom is -0.380 e. The van der Waals surface area contributed by atoms with Crippen molar-refractivity contribution in [2.75, 3.05) is 6.54 Å². The van der Waals surface area contributed by atoms with Gasteiger partial charge in [0.2, 0.25) is 0 Å². The topological polar surface area (TPSA) is 12.0 Å². The van der Waals surface area contributed by atoms with Crippen molar-refractivity contribution >= 4 is 17.2 Å². The predicted molar refractivity (Wildman–Crippen MR) is 101 cm³/mol. The van der Waals surface area contributed by atoms with E-state index in [9.17, 15) is 0 Å². The lowest BCUT2D eigenvalue weighted by molar-refractivity contribution is 0.551. The largest absolute Gasteiger partial charge is 0.380 e. The fourth-order valence-electron chi connectivity index (χ4n) is 2.64. The molecule has 0 saturated carbocycles. The van der Waals surface area contributed by atoms with Crippen molar-refractivity contribution in [3.05, 3.63) is 0 Å². The maximum Gasteiger partial charge on any atom is 0.0753 e. The summed E-state index contributed by atoms with van der Waals surface area (Å²) in [6.45, 7) is 5.60. The zero-order valence-electron chi connectivity index (χ0n) is 14.7. The Balaban J connectivity index is 3.09. The van der Waals surface area contributed by atoms with Crippen molar-refractivity contribution in [2.24, 2.45) is 0 Å². The lowest BCUT2D eigenvalue weighted by Gasteiger charge is -2.07. The van der Waals surface area contributed by atoms with Gasteiger partial charge in [-0.1, -0.05) is 103 Å². The zero-order valence-corrected chi connectivity index (χ0v) is 15.5. The number of thiocarbonyl (C=S) groups is 1. The van der Waals surface area contributed by atoms with E-state index in [4.69, 9.17) is 12.2 Å². The summed E-state index contributed by atoms with van der Waals surface area (Å²) in [5.74, 6) is 0. The Bertz CT molecular complexity index is 216. The second-order valence-electron chi connectivity index (χ2n) is 6.34. The fraction of sp³-hybridized carbons (Fsp3) is 0.947. The van der Waals surface area contributed by atoms with Gasteiger partial charge in [0.05, 0.1) is 4.99 Å². The molecule has 1 nitrogen and oxygen atoms in total. The first-order valence-electron chi connectivity index (χ1n) is 9.58. The molecule has 0 aliphatic heterocycles. The van der Waals surface area contributed by atoms with Crippen LogP contribution >= 0.6 is 12.2 Å². The molecule has 0 heterocycles. The summed E-state index contributed by atoms with van der Waals surface area (Å²) in [4.78, 5) is 1.09. The van der Waals surface area contributed by atoms with Gasteiger partial charge in [0.25, 0.3) is 0 Å². The van der Waals surface area contributed by atoms with E-state index in [2.05, 4.69) is 19.2 Å². The highest BCUT2D eigenvalue weighted by Crippen LogP contribution is 2.12. The van der Waals surface area contributed by atoms with Gasteiger partial charge in [-0.2, -0.15) is 0 Å². The van der Waals surface area contributed by atoms with Crippen molar-refractivity contribution in [1.29, 1.82) is 0 Å². The van der Waals surface area contributed by atoms with Crippen LogP contribution in [0, 0.1) is 0 Å². The van der Waals surface area contributed by atoms with E-state index in [-0.39, 0.29) is 0 Å². The molecule has 0 aliphatic carbocycles. The Hall–Kier alpha value is -0.110. The van der Waals surface area contributed by atoms with Gasteiger partial charge in [-0.3, -0.25) is 0 Å². The van der Waals surface area contributed by atoms with Gasteiger partial charge in [0, 0.05) is 6.54 Å². The highest BCUT2D eigenvalue weighted by atomic mass is 32.1.